The molecule has 0 aliphatic rings. The number of nitrogens with zero attached hydrogens (tertiary/aromatic N) is 1. The Hall–Kier alpha value is -1.60. The molecule has 0 aliphatic carbocycles. The summed E-state index contributed by atoms with van der Waals surface area (Å²) in [5, 5.41) is 11.7. The molecule has 0 amide bonds. The van der Waals surface area contributed by atoms with Gasteiger partial charge in [0.1, 0.15) is 0 Å². The Morgan fingerprint density at radius 2 is 1.80 bits per heavy atom. The lowest BCUT2D eigenvalue weighted by Gasteiger charge is -2.26. The average molecular weight is 369 g/mol. The van der Waals surface area contributed by atoms with Crippen molar-refractivity contribution in [1.82, 2.24) is 10.6 Å². The molecule has 0 atom stereocenters. The maximum absolute atomic E-state index is 11.3. The van der Waals surface area contributed by atoms with Crippen molar-refractivity contribution in [2.45, 2.75) is 57.9 Å². The Bertz CT molecular complexity index is 652. The van der Waals surface area contributed by atoms with Gasteiger partial charge in [0.2, 0.25) is 10.0 Å². The summed E-state index contributed by atoms with van der Waals surface area (Å²) >= 11 is 0. The van der Waals surface area contributed by atoms with Gasteiger partial charge in [0.25, 0.3) is 0 Å². The van der Waals surface area contributed by atoms with Gasteiger partial charge in [0.15, 0.2) is 5.96 Å². The molecule has 4 N–H and O–H groups in total. The summed E-state index contributed by atoms with van der Waals surface area (Å²) in [6.45, 7) is 8.14. The van der Waals surface area contributed by atoms with E-state index in [-0.39, 0.29) is 10.3 Å². The van der Waals surface area contributed by atoms with E-state index >= 15 is 0 Å². The van der Waals surface area contributed by atoms with Crippen molar-refractivity contribution >= 4 is 16.0 Å². The van der Waals surface area contributed by atoms with Crippen molar-refractivity contribution in [2.75, 3.05) is 13.6 Å². The molecular weight excluding hydrogens is 336 g/mol. The van der Waals surface area contributed by atoms with E-state index in [1.807, 2.05) is 0 Å². The van der Waals surface area contributed by atoms with Crippen LogP contribution in [0.25, 0.3) is 0 Å². The Balaban J connectivity index is 2.49. The normalized spacial score (nSPS) is 12.9. The molecule has 0 aliphatic heterocycles. The van der Waals surface area contributed by atoms with Gasteiger partial charge < -0.3 is 10.6 Å². The lowest BCUT2D eigenvalue weighted by molar-refractivity contribution is 0.318. The van der Waals surface area contributed by atoms with E-state index < -0.39 is 10.0 Å². The number of nitrogens with one attached hydrogen (secondary N) is 2. The summed E-state index contributed by atoms with van der Waals surface area (Å²) in [5.41, 5.74) is 1.17. The van der Waals surface area contributed by atoms with Crippen LogP contribution in [0.2, 0.25) is 0 Å². The molecule has 0 unspecified atom stereocenters. The molecule has 0 spiro atoms. The molecule has 0 saturated heterocycles. The molecule has 6 nitrogen and oxygen atoms in total. The van der Waals surface area contributed by atoms with Gasteiger partial charge in [-0.15, -0.1) is 0 Å². The van der Waals surface area contributed by atoms with Gasteiger partial charge in [0, 0.05) is 20.1 Å². The number of benzene rings is 1. The highest BCUT2D eigenvalue weighted by atomic mass is 32.2. The molecule has 0 fully saturated rings. The van der Waals surface area contributed by atoms with Crippen molar-refractivity contribution in [3.63, 3.8) is 0 Å². The maximum atomic E-state index is 11.3. The Morgan fingerprint density at radius 3 is 2.32 bits per heavy atom. The summed E-state index contributed by atoms with van der Waals surface area (Å²) in [6, 6.07) is 6.52. The summed E-state index contributed by atoms with van der Waals surface area (Å²) in [6.07, 6.45) is 4.93. The summed E-state index contributed by atoms with van der Waals surface area (Å²) < 4.78 is 22.5. The van der Waals surface area contributed by atoms with Crippen molar-refractivity contribution in [1.29, 1.82) is 0 Å². The number of nitrogens with two attached hydrogens (primary N) is 1. The fraction of sp³-hybridized carbons (Fsp3) is 0.611. The van der Waals surface area contributed by atoms with Crippen LogP contribution in [0.5, 0.6) is 0 Å². The molecule has 142 valence electrons. The van der Waals surface area contributed by atoms with Gasteiger partial charge in [-0.2, -0.15) is 0 Å². The van der Waals surface area contributed by atoms with E-state index in [0.29, 0.717) is 6.54 Å². The average Bonchev–Trinajstić information content (AvgIpc) is 2.54. The molecule has 0 aromatic heterocycles. The molecule has 0 heterocycles. The van der Waals surface area contributed by atoms with Crippen molar-refractivity contribution in [3.8, 4) is 0 Å². The summed E-state index contributed by atoms with van der Waals surface area (Å²) in [4.78, 5) is 4.36. The predicted molar refractivity (Wildman–Crippen MR) is 104 cm³/mol. The van der Waals surface area contributed by atoms with Gasteiger partial charge in [-0.1, -0.05) is 52.2 Å². The van der Waals surface area contributed by atoms with E-state index in [0.717, 1.165) is 18.1 Å². The lowest BCUT2D eigenvalue weighted by atomic mass is 9.87. The Morgan fingerprint density at radius 1 is 1.16 bits per heavy atom. The molecule has 1 aromatic rings. The Kier molecular flexibility index (Phi) is 8.38. The monoisotopic (exact) mass is 368 g/mol. The minimum Gasteiger partial charge on any atom is -0.356 e. The van der Waals surface area contributed by atoms with E-state index in [1.165, 1.54) is 37.8 Å². The maximum Gasteiger partial charge on any atom is 0.238 e. The summed E-state index contributed by atoms with van der Waals surface area (Å²) in [5.74, 6) is 0.735. The second-order valence-corrected chi connectivity index (χ2v) is 8.65. The smallest absolute Gasteiger partial charge is 0.238 e. The van der Waals surface area contributed by atoms with Gasteiger partial charge in [-0.25, -0.2) is 13.6 Å². The predicted octanol–water partition coefficient (Wildman–Crippen LogP) is 2.61. The Labute approximate surface area is 152 Å². The third-order valence-electron chi connectivity index (χ3n) is 4.13. The van der Waals surface area contributed by atoms with E-state index in [2.05, 4.69) is 36.4 Å². The van der Waals surface area contributed by atoms with Gasteiger partial charge in [-0.3, -0.25) is 4.99 Å². The second kappa shape index (κ2) is 9.77. The lowest BCUT2D eigenvalue weighted by Crippen LogP contribution is -2.41. The molecule has 7 heteroatoms. The number of rotatable bonds is 9. The molecule has 0 bridgehead atoms. The van der Waals surface area contributed by atoms with Gasteiger partial charge >= 0.3 is 0 Å². The highest BCUT2D eigenvalue weighted by Gasteiger charge is 2.17. The van der Waals surface area contributed by atoms with Crippen LogP contribution >= 0.6 is 0 Å². The first kappa shape index (κ1) is 21.4. The molecule has 25 heavy (non-hydrogen) atoms. The van der Waals surface area contributed by atoms with Crippen LogP contribution in [0.15, 0.2) is 34.2 Å². The molecular formula is C18H32N4O2S. The van der Waals surface area contributed by atoms with E-state index in [9.17, 15) is 8.42 Å². The third kappa shape index (κ3) is 8.36. The topological polar surface area (TPSA) is 96.6 Å². The highest BCUT2D eigenvalue weighted by Crippen LogP contribution is 2.22. The van der Waals surface area contributed by atoms with Crippen LogP contribution < -0.4 is 15.8 Å². The fourth-order valence-corrected chi connectivity index (χ4v) is 2.98. The van der Waals surface area contributed by atoms with Crippen molar-refractivity contribution in [3.05, 3.63) is 29.8 Å². The molecule has 0 saturated carbocycles. The van der Waals surface area contributed by atoms with Crippen LogP contribution in [0.4, 0.5) is 0 Å². The first-order valence-corrected chi connectivity index (χ1v) is 10.3. The fourth-order valence-electron chi connectivity index (χ4n) is 2.47. The number of sulfonamides is 1. The zero-order valence-corrected chi connectivity index (χ0v) is 16.6. The zero-order valence-electron chi connectivity index (χ0n) is 15.8. The van der Waals surface area contributed by atoms with Gasteiger partial charge in [0.05, 0.1) is 4.90 Å². The van der Waals surface area contributed by atoms with Gasteiger partial charge in [-0.05, 0) is 29.5 Å². The van der Waals surface area contributed by atoms with Crippen molar-refractivity contribution in [2.24, 2.45) is 15.5 Å². The van der Waals surface area contributed by atoms with Crippen LogP contribution in [0.3, 0.4) is 0 Å². The van der Waals surface area contributed by atoms with Crippen LogP contribution in [0.1, 0.15) is 52.0 Å². The zero-order chi connectivity index (χ0) is 18.9. The van der Waals surface area contributed by atoms with Crippen LogP contribution in [-0.4, -0.2) is 28.0 Å². The third-order valence-corrected chi connectivity index (χ3v) is 5.06. The molecule has 1 rings (SSSR count). The second-order valence-electron chi connectivity index (χ2n) is 7.09. The number of primary sulfonamides is 1. The number of hydrogen-bond acceptors (Lipinski definition) is 3. The SMILES string of the molecule is CCCCCC(C)(C)CNC(=NC)NCc1ccc(S(N)(=O)=O)cc1. The molecule has 1 aromatic carbocycles. The minimum absolute atomic E-state index is 0.118. The quantitative estimate of drug-likeness (QED) is 0.355. The highest BCUT2D eigenvalue weighted by molar-refractivity contribution is 7.89. The first-order chi connectivity index (χ1) is 11.7. The number of guanidine groups is 1. The van der Waals surface area contributed by atoms with Crippen LogP contribution in [-0.2, 0) is 16.6 Å². The number of hydrogen-bond donors (Lipinski definition) is 3. The molecule has 0 radical (unpaired) electrons. The number of aliphatic imine (C=N–C) groups is 1. The number of unbranched alkanes of at least 4 members (excludes halogenated alkanes) is 2. The largest absolute Gasteiger partial charge is 0.356 e. The minimum atomic E-state index is -3.65. The van der Waals surface area contributed by atoms with Crippen LogP contribution in [0, 0.1) is 5.41 Å². The summed E-state index contributed by atoms with van der Waals surface area (Å²) in [7, 11) is -1.91. The van der Waals surface area contributed by atoms with E-state index in [4.69, 9.17) is 5.14 Å². The van der Waals surface area contributed by atoms with E-state index in [1.54, 1.807) is 19.2 Å². The first-order valence-electron chi connectivity index (χ1n) is 8.74. The standard InChI is InChI=1S/C18H32N4O2S/c1-5-6-7-12-18(2,3)14-22-17(20-4)21-13-15-8-10-16(11-9-15)25(19,23)24/h8-11H,5-7,12-14H2,1-4H3,(H2,19,23,24)(H2,20,21,22). The van der Waals surface area contributed by atoms with Crippen molar-refractivity contribution < 1.29 is 8.42 Å².